The molecule has 0 fully saturated rings. The van der Waals surface area contributed by atoms with Gasteiger partial charge in [0.15, 0.2) is 6.10 Å². The summed E-state index contributed by atoms with van der Waals surface area (Å²) in [6.07, 6.45) is 91.2. The minimum atomic E-state index is -0.850. The van der Waals surface area contributed by atoms with Crippen LogP contribution in [0.15, 0.2) is 122 Å². The normalized spacial score (nSPS) is 12.9. The summed E-state index contributed by atoms with van der Waals surface area (Å²) in [5, 5.41) is 0. The van der Waals surface area contributed by atoms with Crippen molar-refractivity contribution >= 4 is 17.9 Å². The van der Waals surface area contributed by atoms with Crippen molar-refractivity contribution in [3.8, 4) is 0 Å². The van der Waals surface area contributed by atoms with E-state index in [1.54, 1.807) is 0 Å². The molecule has 0 aliphatic carbocycles. The smallest absolute Gasteiger partial charge is 0.306 e. The Hall–Kier alpha value is -4.19. The molecule has 0 N–H and O–H groups in total. The molecule has 1 unspecified atom stereocenters. The number of carbonyl (C=O) groups excluding carboxylic acids is 3. The number of esters is 3. The topological polar surface area (TPSA) is 78.9 Å². The highest BCUT2D eigenvalue weighted by Gasteiger charge is 2.19. The molecule has 0 amide bonds. The summed E-state index contributed by atoms with van der Waals surface area (Å²) in [5.41, 5.74) is 0. The van der Waals surface area contributed by atoms with Gasteiger partial charge < -0.3 is 14.2 Å². The van der Waals surface area contributed by atoms with Gasteiger partial charge in [-0.2, -0.15) is 0 Å². The maximum Gasteiger partial charge on any atom is 0.306 e. The van der Waals surface area contributed by atoms with E-state index in [1.807, 2.05) is 24.3 Å². The number of unbranched alkanes of at least 4 members (excludes halogenated alkanes) is 27. The Morgan fingerprint density at radius 2 is 0.500 bits per heavy atom. The molecule has 0 saturated carbocycles. The first kappa shape index (κ1) is 73.8. The van der Waals surface area contributed by atoms with E-state index >= 15 is 0 Å². The summed E-state index contributed by atoms with van der Waals surface area (Å²) in [5.74, 6) is -1.10. The molecule has 0 aliphatic rings. The lowest BCUT2D eigenvalue weighted by atomic mass is 10.0. The van der Waals surface area contributed by atoms with Crippen LogP contribution in [0.5, 0.6) is 0 Å². The van der Waals surface area contributed by atoms with Crippen LogP contribution in [0.25, 0.3) is 0 Å². The molecule has 0 radical (unpaired) electrons. The molecule has 0 spiro atoms. The molecule has 444 valence electrons. The van der Waals surface area contributed by atoms with Gasteiger partial charge in [0.25, 0.3) is 0 Å². The highest BCUT2D eigenvalue weighted by Crippen LogP contribution is 2.17. The SMILES string of the molecule is CC/C=C\C/C=C\C/C=C\C/C=C\C/C=C\C/C=C\CCC(=O)OC(COC(=O)CC/C=C\C/C=C\C/C=C\C/C=C\CC)COC(=O)CCCCCCCCCCCCCCCCCCCCCCCCCCCCCC. The van der Waals surface area contributed by atoms with E-state index in [2.05, 4.69) is 118 Å². The molecule has 0 bridgehead atoms. The van der Waals surface area contributed by atoms with Crippen molar-refractivity contribution in [3.05, 3.63) is 122 Å². The van der Waals surface area contributed by atoms with Gasteiger partial charge >= 0.3 is 17.9 Å². The minimum Gasteiger partial charge on any atom is -0.462 e. The quantitative estimate of drug-likeness (QED) is 0.0261. The van der Waals surface area contributed by atoms with E-state index < -0.39 is 12.1 Å². The number of hydrogen-bond acceptors (Lipinski definition) is 6. The maximum absolute atomic E-state index is 12.9. The summed E-state index contributed by atoms with van der Waals surface area (Å²) < 4.78 is 16.8. The molecule has 0 aromatic carbocycles. The molecule has 0 aliphatic heterocycles. The predicted molar refractivity (Wildman–Crippen MR) is 339 cm³/mol. The van der Waals surface area contributed by atoms with Crippen molar-refractivity contribution in [2.24, 2.45) is 0 Å². The fourth-order valence-electron chi connectivity index (χ4n) is 8.96. The highest BCUT2D eigenvalue weighted by atomic mass is 16.6. The van der Waals surface area contributed by atoms with Gasteiger partial charge in [-0.1, -0.05) is 316 Å². The molecule has 0 rings (SSSR count). The van der Waals surface area contributed by atoms with Crippen LogP contribution >= 0.6 is 0 Å². The Labute approximate surface area is 482 Å². The van der Waals surface area contributed by atoms with Crippen LogP contribution < -0.4 is 0 Å². The van der Waals surface area contributed by atoms with Crippen molar-refractivity contribution in [2.75, 3.05) is 13.2 Å². The van der Waals surface area contributed by atoms with E-state index in [4.69, 9.17) is 14.2 Å². The van der Waals surface area contributed by atoms with Crippen LogP contribution in [-0.2, 0) is 28.6 Å². The second-order valence-corrected chi connectivity index (χ2v) is 21.3. The average Bonchev–Trinajstić information content (AvgIpc) is 3.44. The van der Waals surface area contributed by atoms with Gasteiger partial charge in [-0.25, -0.2) is 0 Å². The Morgan fingerprint density at radius 1 is 0.269 bits per heavy atom. The molecule has 0 saturated heterocycles. The fourth-order valence-corrected chi connectivity index (χ4v) is 8.96. The number of rotatable bonds is 58. The van der Waals surface area contributed by atoms with Crippen molar-refractivity contribution in [1.29, 1.82) is 0 Å². The number of ether oxygens (including phenoxy) is 3. The Morgan fingerprint density at radius 3 is 0.782 bits per heavy atom. The summed E-state index contributed by atoms with van der Waals surface area (Å²) in [6, 6.07) is 0. The zero-order valence-electron chi connectivity index (χ0n) is 50.9. The van der Waals surface area contributed by atoms with Gasteiger partial charge in [-0.05, 0) is 83.5 Å². The molecular formula is C72H120O6. The third-order valence-corrected chi connectivity index (χ3v) is 13.7. The van der Waals surface area contributed by atoms with Crippen LogP contribution in [0.3, 0.4) is 0 Å². The molecule has 0 aromatic heterocycles. The third-order valence-electron chi connectivity index (χ3n) is 13.7. The lowest BCUT2D eigenvalue weighted by Gasteiger charge is -2.18. The second-order valence-electron chi connectivity index (χ2n) is 21.3. The first-order valence-corrected chi connectivity index (χ1v) is 32.5. The Balaban J connectivity index is 4.36. The molecule has 1 atom stereocenters. The molecular weight excluding hydrogens is 961 g/mol. The van der Waals surface area contributed by atoms with Gasteiger partial charge in [-0.15, -0.1) is 0 Å². The minimum absolute atomic E-state index is 0.131. The van der Waals surface area contributed by atoms with Crippen LogP contribution in [0.1, 0.15) is 297 Å². The maximum atomic E-state index is 12.9. The second kappa shape index (κ2) is 65.3. The van der Waals surface area contributed by atoms with Gasteiger partial charge in [0, 0.05) is 19.3 Å². The number of allylic oxidation sites excluding steroid dienone is 20. The van der Waals surface area contributed by atoms with Gasteiger partial charge in [-0.3, -0.25) is 14.4 Å². The fraction of sp³-hybridized carbons (Fsp3) is 0.681. The number of hydrogen-bond donors (Lipinski definition) is 0. The van der Waals surface area contributed by atoms with Crippen molar-refractivity contribution in [1.82, 2.24) is 0 Å². The van der Waals surface area contributed by atoms with Gasteiger partial charge in [0.1, 0.15) is 13.2 Å². The Kier molecular flexibility index (Phi) is 61.8. The largest absolute Gasteiger partial charge is 0.462 e. The molecule has 0 aromatic rings. The summed E-state index contributed by atoms with van der Waals surface area (Å²) in [6.45, 7) is 6.31. The van der Waals surface area contributed by atoms with E-state index in [-0.39, 0.29) is 38.0 Å². The summed E-state index contributed by atoms with van der Waals surface area (Å²) in [7, 11) is 0. The van der Waals surface area contributed by atoms with Crippen molar-refractivity contribution in [3.63, 3.8) is 0 Å². The van der Waals surface area contributed by atoms with E-state index in [0.29, 0.717) is 19.3 Å². The van der Waals surface area contributed by atoms with Crippen LogP contribution in [-0.4, -0.2) is 37.2 Å². The molecule has 6 heteroatoms. The molecule has 6 nitrogen and oxygen atoms in total. The monoisotopic (exact) mass is 1080 g/mol. The van der Waals surface area contributed by atoms with E-state index in [0.717, 1.165) is 83.5 Å². The zero-order valence-corrected chi connectivity index (χ0v) is 50.9. The molecule has 78 heavy (non-hydrogen) atoms. The van der Waals surface area contributed by atoms with Crippen molar-refractivity contribution < 1.29 is 28.6 Å². The van der Waals surface area contributed by atoms with Crippen LogP contribution in [0.2, 0.25) is 0 Å². The lowest BCUT2D eigenvalue weighted by molar-refractivity contribution is -0.166. The lowest BCUT2D eigenvalue weighted by Crippen LogP contribution is -2.30. The third kappa shape index (κ3) is 62.7. The number of carbonyl (C=O) groups is 3. The van der Waals surface area contributed by atoms with E-state index in [9.17, 15) is 14.4 Å². The highest BCUT2D eigenvalue weighted by molar-refractivity contribution is 5.71. The van der Waals surface area contributed by atoms with Crippen LogP contribution in [0, 0.1) is 0 Å². The van der Waals surface area contributed by atoms with Gasteiger partial charge in [0.05, 0.1) is 0 Å². The van der Waals surface area contributed by atoms with Crippen LogP contribution in [0.4, 0.5) is 0 Å². The van der Waals surface area contributed by atoms with E-state index in [1.165, 1.54) is 161 Å². The first-order valence-electron chi connectivity index (χ1n) is 32.5. The average molecular weight is 1080 g/mol. The molecule has 0 heterocycles. The summed E-state index contributed by atoms with van der Waals surface area (Å²) >= 11 is 0. The van der Waals surface area contributed by atoms with Gasteiger partial charge in [0.2, 0.25) is 0 Å². The standard InChI is InChI=1S/C72H120O6/c1-4-7-10-13-16-19-22-25-27-29-31-32-33-34-35-36-37-38-39-41-42-44-47-50-53-56-59-62-65-71(74)77-68-69(67-76-70(73)64-61-58-55-52-49-46-24-21-18-15-12-9-6-3)78-72(75)66-63-60-57-54-51-48-45-43-40-30-28-26-23-20-17-14-11-8-5-2/h8-9,11-12,17-18,20-21,26,28,40,43,46,48-49,51,55,57-58,60,69H,4-7,10,13-16,19,22-25,27,29-39,41-42,44-45,47,50,52-54,56,59,61-68H2,1-3H3/b11-8-,12-9-,20-17-,21-18-,28-26-,43-40-,49-46-,51-48-,58-55-,60-57-. The first-order chi connectivity index (χ1) is 38.5. The summed E-state index contributed by atoms with van der Waals surface area (Å²) in [4.78, 5) is 38.2. The Bertz CT molecular complexity index is 1620. The zero-order chi connectivity index (χ0) is 56.4. The van der Waals surface area contributed by atoms with Crippen molar-refractivity contribution in [2.45, 2.75) is 303 Å². The predicted octanol–water partition coefficient (Wildman–Crippen LogP) is 22.4.